The third kappa shape index (κ3) is 9.60. The van der Waals surface area contributed by atoms with E-state index in [1.807, 2.05) is 29.4 Å². The van der Waals surface area contributed by atoms with Gasteiger partial charge in [0.2, 0.25) is 11.8 Å². The number of anilines is 3. The topological polar surface area (TPSA) is 195 Å². The largest absolute Gasteiger partial charge is 0.389 e. The molecule has 3 fully saturated rings. The van der Waals surface area contributed by atoms with E-state index in [0.29, 0.717) is 67.5 Å². The highest BCUT2D eigenvalue weighted by atomic mass is 35.5. The number of hydrogen-bond donors (Lipinski definition) is 5. The number of primary amides is 1. The van der Waals surface area contributed by atoms with Gasteiger partial charge in [0, 0.05) is 85.5 Å². The van der Waals surface area contributed by atoms with Crippen LogP contribution in [0.2, 0.25) is 5.02 Å². The molecule has 4 aromatic rings. The summed E-state index contributed by atoms with van der Waals surface area (Å²) in [5, 5.41) is 24.8. The number of carbonyl (C=O) groups excluding carboxylic acids is 3. The van der Waals surface area contributed by atoms with E-state index in [0.717, 1.165) is 42.3 Å². The Labute approximate surface area is 343 Å². The minimum atomic E-state index is -0.703. The molecular formula is C42H51ClN10O5. The number of nitrogens with zero attached hydrogens (tertiary/aromatic N) is 6. The number of morpholine rings is 1. The van der Waals surface area contributed by atoms with Gasteiger partial charge in [0.25, 0.3) is 5.91 Å². The third-order valence-corrected chi connectivity index (χ3v) is 11.7. The molecule has 6 N–H and O–H groups in total. The Morgan fingerprint density at radius 3 is 2.64 bits per heavy atom. The van der Waals surface area contributed by atoms with Crippen LogP contribution in [0.15, 0.2) is 79.9 Å². The number of nitrogens with one attached hydrogen (secondary N) is 3. The number of likely N-dealkylation sites (tertiary alicyclic amines) is 1. The Bertz CT molecular complexity index is 2090. The number of H-pyrrole nitrogens is 1. The third-order valence-electron chi connectivity index (χ3n) is 11.5. The average molecular weight is 811 g/mol. The van der Waals surface area contributed by atoms with Crippen LogP contribution in [0.4, 0.5) is 17.2 Å². The predicted octanol–water partition coefficient (Wildman–Crippen LogP) is 4.36. The number of halogens is 1. The first-order valence-corrected chi connectivity index (χ1v) is 20.2. The van der Waals surface area contributed by atoms with Gasteiger partial charge in [-0.15, -0.1) is 0 Å². The molecule has 3 saturated heterocycles. The summed E-state index contributed by atoms with van der Waals surface area (Å²) in [6.45, 7) is 10.2. The minimum absolute atomic E-state index is 0.0319. The van der Waals surface area contributed by atoms with Crippen molar-refractivity contribution >= 4 is 46.5 Å². The van der Waals surface area contributed by atoms with Crippen LogP contribution in [0.1, 0.15) is 77.8 Å². The van der Waals surface area contributed by atoms with Crippen molar-refractivity contribution in [2.45, 2.75) is 62.8 Å². The number of pyridine rings is 2. The number of carbonyl (C=O) groups is 3. The smallest absolute Gasteiger partial charge is 0.255 e. The standard InChI is InChI=1S/C42H51ClN10O5/c1-3-40(56)53-24-28(41-35(22-47-50-41)42(57)49-36(19-38(44)55)27-5-4-6-31(43)15-27)7-8-37(53)30-16-32(25-52(23-30)34-17-29(26(2)54)20-45-21-34)48-39-18-33(9-10-46-39)51-11-13-58-14-12-51/h3-6,9-10,15,17-18,20-22,26,28,30,32,36-37,54H,1,7-8,11-14,16,19,23-25H2,2H3,(H2,44,55)(H,46,48)(H,47,50)(H,49,57)/t26-,28+,30?,32-,36+,37?/m1/s1. The number of piperidine rings is 2. The fourth-order valence-corrected chi connectivity index (χ4v) is 8.79. The van der Waals surface area contributed by atoms with Gasteiger partial charge in [-0.2, -0.15) is 5.10 Å². The number of nitrogens with two attached hydrogens (primary N) is 1. The van der Waals surface area contributed by atoms with Crippen LogP contribution in [0.25, 0.3) is 0 Å². The van der Waals surface area contributed by atoms with E-state index in [4.69, 9.17) is 22.1 Å². The number of aliphatic hydroxyl groups is 1. The van der Waals surface area contributed by atoms with Gasteiger partial charge in [-0.3, -0.25) is 24.5 Å². The van der Waals surface area contributed by atoms with Crippen LogP contribution in [0, 0.1) is 5.92 Å². The fraction of sp³-hybridized carbons (Fsp3) is 0.429. The molecule has 306 valence electrons. The summed E-state index contributed by atoms with van der Waals surface area (Å²) in [5.41, 5.74) is 9.85. The van der Waals surface area contributed by atoms with Crippen molar-refractivity contribution in [3.05, 3.63) is 107 Å². The summed E-state index contributed by atoms with van der Waals surface area (Å²) in [4.78, 5) is 55.2. The molecule has 6 heterocycles. The van der Waals surface area contributed by atoms with E-state index in [2.05, 4.69) is 53.2 Å². The van der Waals surface area contributed by atoms with Crippen molar-refractivity contribution in [1.29, 1.82) is 0 Å². The maximum Gasteiger partial charge on any atom is 0.255 e. The van der Waals surface area contributed by atoms with Crippen LogP contribution < -0.4 is 26.2 Å². The van der Waals surface area contributed by atoms with Crippen molar-refractivity contribution in [3.8, 4) is 0 Å². The summed E-state index contributed by atoms with van der Waals surface area (Å²) in [5.74, 6) is -0.608. The van der Waals surface area contributed by atoms with Crippen LogP contribution in [0.5, 0.6) is 0 Å². The molecule has 0 bridgehead atoms. The molecule has 16 heteroatoms. The first-order valence-electron chi connectivity index (χ1n) is 19.8. The van der Waals surface area contributed by atoms with Gasteiger partial charge in [-0.25, -0.2) is 4.98 Å². The van der Waals surface area contributed by atoms with E-state index in [-0.39, 0.29) is 36.2 Å². The number of hydrogen-bond acceptors (Lipinski definition) is 11. The monoisotopic (exact) mass is 810 g/mol. The lowest BCUT2D eigenvalue weighted by Gasteiger charge is -2.48. The van der Waals surface area contributed by atoms with Gasteiger partial charge >= 0.3 is 0 Å². The molecule has 0 radical (unpaired) electrons. The number of aliphatic hydroxyl groups excluding tert-OH is 1. The van der Waals surface area contributed by atoms with E-state index >= 15 is 0 Å². The van der Waals surface area contributed by atoms with Crippen molar-refractivity contribution in [1.82, 2.24) is 30.4 Å². The van der Waals surface area contributed by atoms with Gasteiger partial charge in [0.05, 0.1) is 61.1 Å². The zero-order chi connectivity index (χ0) is 40.8. The molecule has 58 heavy (non-hydrogen) atoms. The lowest BCUT2D eigenvalue weighted by molar-refractivity contribution is -0.131. The first-order chi connectivity index (χ1) is 28.1. The molecule has 3 aliphatic rings. The van der Waals surface area contributed by atoms with E-state index in [1.54, 1.807) is 37.4 Å². The number of ether oxygens (including phenoxy) is 1. The zero-order valence-electron chi connectivity index (χ0n) is 32.6. The Balaban J connectivity index is 1.12. The Morgan fingerprint density at radius 1 is 1.05 bits per heavy atom. The van der Waals surface area contributed by atoms with Crippen molar-refractivity contribution in [2.75, 3.05) is 61.1 Å². The highest BCUT2D eigenvalue weighted by Crippen LogP contribution is 2.38. The van der Waals surface area contributed by atoms with Crippen LogP contribution in [0.3, 0.4) is 0 Å². The maximum atomic E-state index is 13.8. The highest BCUT2D eigenvalue weighted by Gasteiger charge is 2.41. The molecule has 6 atom stereocenters. The normalized spacial score (nSPS) is 22.2. The number of rotatable bonds is 13. The average Bonchev–Trinajstić information content (AvgIpc) is 3.74. The number of aromatic amines is 1. The van der Waals surface area contributed by atoms with Gasteiger partial charge < -0.3 is 40.9 Å². The summed E-state index contributed by atoms with van der Waals surface area (Å²) in [6.07, 6.45) is 9.47. The molecule has 1 aromatic carbocycles. The van der Waals surface area contributed by atoms with Crippen molar-refractivity contribution < 1.29 is 24.2 Å². The zero-order valence-corrected chi connectivity index (χ0v) is 33.4. The second-order valence-electron chi connectivity index (χ2n) is 15.4. The van der Waals surface area contributed by atoms with Gasteiger partial charge in [-0.05, 0) is 68.0 Å². The molecule has 2 unspecified atom stereocenters. The number of aromatic nitrogens is 4. The second-order valence-corrected chi connectivity index (χ2v) is 15.8. The molecule has 3 aromatic heterocycles. The van der Waals surface area contributed by atoms with Gasteiger partial charge in [0.1, 0.15) is 5.82 Å². The van der Waals surface area contributed by atoms with Crippen molar-refractivity contribution in [2.24, 2.45) is 11.7 Å². The summed E-state index contributed by atoms with van der Waals surface area (Å²) in [7, 11) is 0. The second kappa shape index (κ2) is 18.4. The molecule has 0 aliphatic carbocycles. The summed E-state index contributed by atoms with van der Waals surface area (Å²) in [6, 6.07) is 12.1. The van der Waals surface area contributed by atoms with E-state index in [9.17, 15) is 19.5 Å². The van der Waals surface area contributed by atoms with Gasteiger partial charge in [-0.1, -0.05) is 30.3 Å². The van der Waals surface area contributed by atoms with Gasteiger partial charge in [0.15, 0.2) is 0 Å². The number of benzene rings is 1. The summed E-state index contributed by atoms with van der Waals surface area (Å²) >= 11 is 6.23. The van der Waals surface area contributed by atoms with Crippen LogP contribution in [-0.4, -0.2) is 106 Å². The van der Waals surface area contributed by atoms with Crippen LogP contribution >= 0.6 is 11.6 Å². The first kappa shape index (κ1) is 40.7. The SMILES string of the molecule is C=CC(=O)N1C[C@@H](c2[nH]ncc2C(=O)N[C@@H](CC(N)=O)c2cccc(Cl)c2)CCC1C1C[C@@H](Nc2cc(N3CCOCC3)ccn2)CN(c2cncc([C@@H](C)O)c2)C1. The molecule has 15 nitrogen and oxygen atoms in total. The van der Waals surface area contributed by atoms with E-state index < -0.39 is 24.0 Å². The Hall–Kier alpha value is -5.51. The molecule has 7 rings (SSSR count). The van der Waals surface area contributed by atoms with E-state index in [1.165, 1.54) is 12.3 Å². The molecule has 0 spiro atoms. The lowest BCUT2D eigenvalue weighted by atomic mass is 9.79. The lowest BCUT2D eigenvalue weighted by Crippen LogP contribution is -2.56. The summed E-state index contributed by atoms with van der Waals surface area (Å²) < 4.78 is 5.57. The maximum absolute atomic E-state index is 13.8. The highest BCUT2D eigenvalue weighted by molar-refractivity contribution is 6.30. The number of amides is 3. The predicted molar refractivity (Wildman–Crippen MR) is 222 cm³/mol. The minimum Gasteiger partial charge on any atom is -0.389 e. The van der Waals surface area contributed by atoms with Crippen molar-refractivity contribution in [3.63, 3.8) is 0 Å². The molecular weight excluding hydrogens is 760 g/mol. The Morgan fingerprint density at radius 2 is 1.88 bits per heavy atom. The van der Waals surface area contributed by atoms with Crippen LogP contribution in [-0.2, 0) is 14.3 Å². The molecule has 3 amide bonds. The quantitative estimate of drug-likeness (QED) is 0.121. The Kier molecular flexibility index (Phi) is 12.9. The molecule has 3 aliphatic heterocycles. The molecule has 0 saturated carbocycles. The fourth-order valence-electron chi connectivity index (χ4n) is 8.59.